The summed E-state index contributed by atoms with van der Waals surface area (Å²) in [5, 5.41) is 12.2. The van der Waals surface area contributed by atoms with Crippen LogP contribution in [0.4, 0.5) is 24.5 Å². The van der Waals surface area contributed by atoms with Gasteiger partial charge in [-0.3, -0.25) is 0 Å². The van der Waals surface area contributed by atoms with E-state index in [2.05, 4.69) is 47.2 Å². The number of benzene rings is 2. The van der Waals surface area contributed by atoms with Crippen molar-refractivity contribution in [1.29, 1.82) is 0 Å². The predicted octanol–water partition coefficient (Wildman–Crippen LogP) is 5.49. The minimum atomic E-state index is -4.33. The zero-order valence-electron chi connectivity index (χ0n) is 22.2. The van der Waals surface area contributed by atoms with Gasteiger partial charge in [0.25, 0.3) is 0 Å². The highest BCUT2D eigenvalue weighted by molar-refractivity contribution is 7.64. The number of anilines is 2. The standard InChI is InChI=1S/C29H33F3N3O2PS/c1-36-25-12-20(38(2)3)9-10-23(25)34-11-5-8-26-22(13-29(30,31)32)21-6-4-7-24(28(21)39-26)35-27-18-14-33-15-19(27)17-37-16-18/h4,6-7,9-10,12,18-19,27,33-35H,11,13-17H2,1-3H3. The Morgan fingerprint density at radius 1 is 1.13 bits per heavy atom. The van der Waals surface area contributed by atoms with Crippen LogP contribution in [0.3, 0.4) is 0 Å². The number of ether oxygens (including phenoxy) is 2. The maximum atomic E-state index is 13.6. The van der Waals surface area contributed by atoms with E-state index in [1.54, 1.807) is 13.2 Å². The van der Waals surface area contributed by atoms with Crippen LogP contribution >= 0.6 is 19.3 Å². The fraction of sp³-hybridized carbons (Fsp3) is 0.448. The number of methoxy groups -OCH3 is 1. The lowest BCUT2D eigenvalue weighted by Crippen LogP contribution is -2.56. The van der Waals surface area contributed by atoms with Crippen molar-refractivity contribution in [2.24, 2.45) is 11.8 Å². The highest BCUT2D eigenvalue weighted by Crippen LogP contribution is 2.40. The monoisotopic (exact) mass is 575 g/mol. The third-order valence-electron chi connectivity index (χ3n) is 7.28. The number of piperidine rings is 1. The molecule has 39 heavy (non-hydrogen) atoms. The first-order valence-electron chi connectivity index (χ1n) is 13.0. The van der Waals surface area contributed by atoms with E-state index in [1.165, 1.54) is 16.6 Å². The highest BCUT2D eigenvalue weighted by atomic mass is 32.1. The van der Waals surface area contributed by atoms with E-state index in [-0.39, 0.29) is 26.1 Å². The Hall–Kier alpha value is -2.50. The molecule has 0 radical (unpaired) electrons. The van der Waals surface area contributed by atoms with Crippen LogP contribution in [0.15, 0.2) is 36.4 Å². The van der Waals surface area contributed by atoms with Gasteiger partial charge in [-0.15, -0.1) is 11.3 Å². The molecule has 2 aromatic carbocycles. The second-order valence-electron chi connectivity index (χ2n) is 10.2. The van der Waals surface area contributed by atoms with Crippen LogP contribution in [0.2, 0.25) is 0 Å². The molecule has 3 heterocycles. The van der Waals surface area contributed by atoms with Gasteiger partial charge in [-0.1, -0.05) is 38.0 Å². The van der Waals surface area contributed by atoms with Gasteiger partial charge in [-0.2, -0.15) is 13.2 Å². The Labute approximate surface area is 232 Å². The van der Waals surface area contributed by atoms with E-state index in [0.717, 1.165) is 34.9 Å². The second-order valence-corrected chi connectivity index (χ2v) is 13.5. The smallest absolute Gasteiger partial charge is 0.393 e. The van der Waals surface area contributed by atoms with E-state index in [9.17, 15) is 13.2 Å². The average Bonchev–Trinajstić information content (AvgIpc) is 3.23. The van der Waals surface area contributed by atoms with Crippen LogP contribution < -0.4 is 26.0 Å². The molecule has 5 nitrogen and oxygen atoms in total. The van der Waals surface area contributed by atoms with Gasteiger partial charge in [-0.05, 0) is 47.8 Å². The third kappa shape index (κ3) is 6.47. The van der Waals surface area contributed by atoms with E-state index in [1.807, 2.05) is 24.3 Å². The minimum absolute atomic E-state index is 0.218. The number of halogens is 3. The zero-order valence-corrected chi connectivity index (χ0v) is 24.0. The summed E-state index contributed by atoms with van der Waals surface area (Å²) in [5.74, 6) is 7.46. The Morgan fingerprint density at radius 3 is 2.59 bits per heavy atom. The molecular weight excluding hydrogens is 542 g/mol. The number of thiophene rings is 1. The zero-order chi connectivity index (χ0) is 27.6. The van der Waals surface area contributed by atoms with Crippen LogP contribution in [0.25, 0.3) is 10.1 Å². The van der Waals surface area contributed by atoms with Crippen LogP contribution in [-0.2, 0) is 11.2 Å². The van der Waals surface area contributed by atoms with Crippen molar-refractivity contribution in [2.75, 3.05) is 63.9 Å². The fourth-order valence-corrected chi connectivity index (χ4v) is 7.25. The highest BCUT2D eigenvalue weighted by Gasteiger charge is 2.37. The van der Waals surface area contributed by atoms with Crippen LogP contribution in [0, 0.1) is 23.7 Å². The first-order valence-corrected chi connectivity index (χ1v) is 16.0. The van der Waals surface area contributed by atoms with Gasteiger partial charge in [0.15, 0.2) is 0 Å². The van der Waals surface area contributed by atoms with Crippen molar-refractivity contribution in [3.8, 4) is 17.6 Å². The molecule has 2 aliphatic heterocycles. The van der Waals surface area contributed by atoms with Crippen molar-refractivity contribution in [1.82, 2.24) is 5.32 Å². The van der Waals surface area contributed by atoms with Gasteiger partial charge >= 0.3 is 6.18 Å². The number of fused-ring (bicyclic) bond motifs is 3. The summed E-state index contributed by atoms with van der Waals surface area (Å²) in [4.78, 5) is 0.456. The Kier molecular flexibility index (Phi) is 8.58. The summed E-state index contributed by atoms with van der Waals surface area (Å²) in [7, 11) is 1.37. The normalized spacial score (nSPS) is 20.9. The Bertz CT molecular complexity index is 1360. The van der Waals surface area contributed by atoms with Crippen LogP contribution in [0.1, 0.15) is 10.4 Å². The number of hydrogen-bond donors (Lipinski definition) is 3. The Morgan fingerprint density at radius 2 is 1.90 bits per heavy atom. The summed E-state index contributed by atoms with van der Waals surface area (Å²) >= 11 is 1.33. The summed E-state index contributed by atoms with van der Waals surface area (Å²) in [6, 6.07) is 11.8. The van der Waals surface area contributed by atoms with Gasteiger partial charge in [-0.25, -0.2) is 0 Å². The molecule has 208 valence electrons. The van der Waals surface area contributed by atoms with Gasteiger partial charge in [0.1, 0.15) is 5.75 Å². The third-order valence-corrected chi connectivity index (χ3v) is 9.79. The largest absolute Gasteiger partial charge is 0.495 e. The summed E-state index contributed by atoms with van der Waals surface area (Å²) in [6.45, 7) is 7.73. The topological polar surface area (TPSA) is 54.5 Å². The molecule has 0 aliphatic carbocycles. The number of hydrogen-bond acceptors (Lipinski definition) is 6. The van der Waals surface area contributed by atoms with Gasteiger partial charge in [0.2, 0.25) is 0 Å². The van der Waals surface area contributed by atoms with Crippen molar-refractivity contribution in [3.05, 3.63) is 46.8 Å². The first-order chi connectivity index (χ1) is 18.7. The second kappa shape index (κ2) is 11.9. The molecule has 2 aliphatic rings. The quantitative estimate of drug-likeness (QED) is 0.257. The van der Waals surface area contributed by atoms with Gasteiger partial charge < -0.3 is 25.4 Å². The summed E-state index contributed by atoms with van der Waals surface area (Å²) in [6.07, 6.45) is -5.34. The summed E-state index contributed by atoms with van der Waals surface area (Å²) < 4.78 is 53.0. The lowest BCUT2D eigenvalue weighted by atomic mass is 9.83. The maximum absolute atomic E-state index is 13.6. The molecule has 5 rings (SSSR count). The van der Waals surface area contributed by atoms with E-state index in [0.29, 0.717) is 35.3 Å². The average molecular weight is 576 g/mol. The molecule has 0 amide bonds. The lowest BCUT2D eigenvalue weighted by Gasteiger charge is -2.43. The lowest BCUT2D eigenvalue weighted by molar-refractivity contribution is -0.126. The van der Waals surface area contributed by atoms with Crippen molar-refractivity contribution < 1.29 is 22.6 Å². The van der Waals surface area contributed by atoms with Crippen molar-refractivity contribution >= 4 is 46.0 Å². The predicted molar refractivity (Wildman–Crippen MR) is 156 cm³/mol. The molecule has 2 atom stereocenters. The molecule has 2 bridgehead atoms. The van der Waals surface area contributed by atoms with E-state index in [4.69, 9.17) is 9.47 Å². The van der Waals surface area contributed by atoms with Crippen LogP contribution in [0.5, 0.6) is 5.75 Å². The molecule has 2 fully saturated rings. The number of nitrogens with one attached hydrogen (secondary N) is 3. The van der Waals surface area contributed by atoms with E-state index < -0.39 is 12.6 Å². The van der Waals surface area contributed by atoms with Crippen molar-refractivity contribution in [2.45, 2.75) is 18.6 Å². The fourth-order valence-electron chi connectivity index (χ4n) is 5.33. The van der Waals surface area contributed by atoms with Gasteiger partial charge in [0, 0.05) is 31.0 Å². The molecule has 1 aromatic heterocycles. The SMILES string of the molecule is COc1cc(P(C)C)ccc1NCC#Cc1sc2c(NC3C4CNCC3COC4)cccc2c1CC(F)(F)F. The van der Waals surface area contributed by atoms with Crippen LogP contribution in [-0.4, -0.2) is 65.5 Å². The minimum Gasteiger partial charge on any atom is -0.495 e. The maximum Gasteiger partial charge on any atom is 0.393 e. The molecule has 3 aromatic rings. The first kappa shape index (κ1) is 28.0. The molecular formula is C29H33F3N3O2PS. The molecule has 2 unspecified atom stereocenters. The van der Waals surface area contributed by atoms with E-state index >= 15 is 0 Å². The van der Waals surface area contributed by atoms with Crippen molar-refractivity contribution in [3.63, 3.8) is 0 Å². The molecule has 10 heteroatoms. The Balaban J connectivity index is 1.41. The number of alkyl halides is 3. The molecule has 2 saturated heterocycles. The molecule has 0 spiro atoms. The summed E-state index contributed by atoms with van der Waals surface area (Å²) in [5.41, 5.74) is 1.92. The molecule has 0 saturated carbocycles. The number of rotatable bonds is 7. The molecule has 3 N–H and O–H groups in total. The van der Waals surface area contributed by atoms with Gasteiger partial charge in [0.05, 0.1) is 54.2 Å².